The lowest BCUT2D eigenvalue weighted by molar-refractivity contribution is 0.0626. The van der Waals surface area contributed by atoms with Crippen LogP contribution in [0, 0.1) is 0 Å². The molecule has 0 unspecified atom stereocenters. The van der Waals surface area contributed by atoms with Crippen molar-refractivity contribution in [2.75, 3.05) is 13.7 Å². The number of aryl methyl sites for hydroxylation is 1. The van der Waals surface area contributed by atoms with Gasteiger partial charge in [0.1, 0.15) is 0 Å². The van der Waals surface area contributed by atoms with Crippen molar-refractivity contribution >= 4 is 0 Å². The van der Waals surface area contributed by atoms with Crippen molar-refractivity contribution in [1.82, 2.24) is 15.1 Å². The van der Waals surface area contributed by atoms with Gasteiger partial charge in [-0.05, 0) is 31.7 Å². The van der Waals surface area contributed by atoms with Crippen molar-refractivity contribution in [3.63, 3.8) is 0 Å². The Bertz CT molecular complexity index is 329. The molecule has 0 spiro atoms. The van der Waals surface area contributed by atoms with Gasteiger partial charge in [0.05, 0.1) is 11.8 Å². The number of rotatable bonds is 5. The Hall–Kier alpha value is -0.870. The maximum atomic E-state index is 5.38. The first-order valence-electron chi connectivity index (χ1n) is 6.52. The normalized spacial score (nSPS) is 25.1. The van der Waals surface area contributed by atoms with Crippen LogP contribution in [0.4, 0.5) is 0 Å². The summed E-state index contributed by atoms with van der Waals surface area (Å²) in [6, 6.07) is 2.76. The van der Waals surface area contributed by atoms with Crippen LogP contribution in [0.25, 0.3) is 0 Å². The zero-order chi connectivity index (χ0) is 12.1. The molecular formula is C13H23N3O. The van der Waals surface area contributed by atoms with E-state index in [4.69, 9.17) is 4.74 Å². The predicted octanol–water partition coefficient (Wildman–Crippen LogP) is 1.51. The minimum atomic E-state index is 0.490. The third kappa shape index (κ3) is 3.82. The summed E-state index contributed by atoms with van der Waals surface area (Å²) in [7, 11) is 3.78. The standard InChI is InChI=1S/C13H23N3O/c1-16-10-8-12(15-16)7-9-14-11-3-5-13(17-2)6-4-11/h8,10-11,13-14H,3-7,9H2,1-2H3. The molecule has 96 valence electrons. The molecule has 0 radical (unpaired) electrons. The van der Waals surface area contributed by atoms with Gasteiger partial charge in [-0.3, -0.25) is 4.68 Å². The second-order valence-electron chi connectivity index (χ2n) is 4.89. The van der Waals surface area contributed by atoms with Crippen molar-refractivity contribution in [1.29, 1.82) is 0 Å². The van der Waals surface area contributed by atoms with E-state index in [0.29, 0.717) is 12.1 Å². The van der Waals surface area contributed by atoms with Crippen LogP contribution in [0.2, 0.25) is 0 Å². The zero-order valence-electron chi connectivity index (χ0n) is 10.9. The highest BCUT2D eigenvalue weighted by atomic mass is 16.5. The lowest BCUT2D eigenvalue weighted by Gasteiger charge is -2.28. The number of methoxy groups -OCH3 is 1. The molecule has 1 fully saturated rings. The Morgan fingerprint density at radius 1 is 1.41 bits per heavy atom. The Labute approximate surface area is 103 Å². The summed E-state index contributed by atoms with van der Waals surface area (Å²) < 4.78 is 7.24. The molecule has 4 nitrogen and oxygen atoms in total. The molecule has 1 aromatic rings. The van der Waals surface area contributed by atoms with Gasteiger partial charge in [-0.1, -0.05) is 0 Å². The van der Waals surface area contributed by atoms with Crippen molar-refractivity contribution in [3.8, 4) is 0 Å². The molecule has 0 saturated heterocycles. The van der Waals surface area contributed by atoms with Gasteiger partial charge in [0.15, 0.2) is 0 Å². The Morgan fingerprint density at radius 2 is 2.18 bits per heavy atom. The van der Waals surface area contributed by atoms with E-state index < -0.39 is 0 Å². The van der Waals surface area contributed by atoms with E-state index in [2.05, 4.69) is 16.5 Å². The van der Waals surface area contributed by atoms with Crippen LogP contribution >= 0.6 is 0 Å². The molecule has 1 aliphatic rings. The van der Waals surface area contributed by atoms with Gasteiger partial charge >= 0.3 is 0 Å². The first kappa shape index (κ1) is 12.6. The predicted molar refractivity (Wildman–Crippen MR) is 68.0 cm³/mol. The average molecular weight is 237 g/mol. The molecule has 4 heteroatoms. The topological polar surface area (TPSA) is 39.1 Å². The minimum Gasteiger partial charge on any atom is -0.381 e. The highest BCUT2D eigenvalue weighted by Crippen LogP contribution is 2.20. The number of aromatic nitrogens is 2. The van der Waals surface area contributed by atoms with Crippen molar-refractivity contribution in [3.05, 3.63) is 18.0 Å². The SMILES string of the molecule is COC1CCC(NCCc2ccn(C)n2)CC1. The largest absolute Gasteiger partial charge is 0.381 e. The minimum absolute atomic E-state index is 0.490. The highest BCUT2D eigenvalue weighted by molar-refractivity contribution is 4.99. The maximum absolute atomic E-state index is 5.38. The fourth-order valence-electron chi connectivity index (χ4n) is 2.50. The van der Waals surface area contributed by atoms with E-state index in [-0.39, 0.29) is 0 Å². The van der Waals surface area contributed by atoms with E-state index >= 15 is 0 Å². The van der Waals surface area contributed by atoms with Crippen LogP contribution < -0.4 is 5.32 Å². The van der Waals surface area contributed by atoms with Gasteiger partial charge in [-0.25, -0.2) is 0 Å². The Kier molecular flexibility index (Phi) is 4.57. The molecule has 0 aromatic carbocycles. The molecule has 1 heterocycles. The molecule has 0 amide bonds. The van der Waals surface area contributed by atoms with Crippen LogP contribution in [0.3, 0.4) is 0 Å². The van der Waals surface area contributed by atoms with Crippen LogP contribution in [0.1, 0.15) is 31.4 Å². The second-order valence-corrected chi connectivity index (χ2v) is 4.89. The number of hydrogen-bond donors (Lipinski definition) is 1. The van der Waals surface area contributed by atoms with Gasteiger partial charge in [0.25, 0.3) is 0 Å². The van der Waals surface area contributed by atoms with Crippen LogP contribution in [-0.4, -0.2) is 35.6 Å². The van der Waals surface area contributed by atoms with E-state index in [1.54, 1.807) is 0 Å². The van der Waals surface area contributed by atoms with Gasteiger partial charge < -0.3 is 10.1 Å². The quantitative estimate of drug-likeness (QED) is 0.843. The smallest absolute Gasteiger partial charge is 0.0637 e. The molecule has 0 bridgehead atoms. The molecule has 17 heavy (non-hydrogen) atoms. The summed E-state index contributed by atoms with van der Waals surface area (Å²) in [5.74, 6) is 0. The first-order chi connectivity index (χ1) is 8.28. The van der Waals surface area contributed by atoms with Gasteiger partial charge in [-0.2, -0.15) is 5.10 Å². The lowest BCUT2D eigenvalue weighted by atomic mass is 9.93. The van der Waals surface area contributed by atoms with Gasteiger partial charge in [0.2, 0.25) is 0 Å². The van der Waals surface area contributed by atoms with Crippen LogP contribution in [0.15, 0.2) is 12.3 Å². The van der Waals surface area contributed by atoms with Crippen molar-refractivity contribution in [2.45, 2.75) is 44.2 Å². The highest BCUT2D eigenvalue weighted by Gasteiger charge is 2.19. The van der Waals surface area contributed by atoms with Gasteiger partial charge in [0, 0.05) is 39.4 Å². The molecule has 0 aliphatic heterocycles. The van der Waals surface area contributed by atoms with Gasteiger partial charge in [-0.15, -0.1) is 0 Å². The second kappa shape index (κ2) is 6.17. The lowest BCUT2D eigenvalue weighted by Crippen LogP contribution is -2.36. The summed E-state index contributed by atoms with van der Waals surface area (Å²) in [5, 5.41) is 7.99. The molecule has 0 atom stereocenters. The number of hydrogen-bond acceptors (Lipinski definition) is 3. The molecule has 1 N–H and O–H groups in total. The Morgan fingerprint density at radius 3 is 2.76 bits per heavy atom. The molecule has 2 rings (SSSR count). The van der Waals surface area contributed by atoms with Crippen molar-refractivity contribution < 1.29 is 4.74 Å². The molecule has 1 aliphatic carbocycles. The fraction of sp³-hybridized carbons (Fsp3) is 0.769. The van der Waals surface area contributed by atoms with Crippen LogP contribution in [0.5, 0.6) is 0 Å². The summed E-state index contributed by atoms with van der Waals surface area (Å²) in [4.78, 5) is 0. The molecule has 1 saturated carbocycles. The summed E-state index contributed by atoms with van der Waals surface area (Å²) in [5.41, 5.74) is 1.17. The van der Waals surface area contributed by atoms with Crippen molar-refractivity contribution in [2.24, 2.45) is 7.05 Å². The van der Waals surface area contributed by atoms with Crippen LogP contribution in [-0.2, 0) is 18.2 Å². The summed E-state index contributed by atoms with van der Waals surface area (Å²) in [6.07, 6.45) is 8.37. The Balaban J connectivity index is 1.63. The van der Waals surface area contributed by atoms with E-state index in [9.17, 15) is 0 Å². The van der Waals surface area contributed by atoms with E-state index in [1.807, 2.05) is 25.0 Å². The zero-order valence-corrected chi connectivity index (χ0v) is 10.9. The average Bonchev–Trinajstić information content (AvgIpc) is 2.76. The fourth-order valence-corrected chi connectivity index (χ4v) is 2.50. The number of nitrogens with zero attached hydrogens (tertiary/aromatic N) is 2. The maximum Gasteiger partial charge on any atom is 0.0637 e. The third-order valence-corrected chi connectivity index (χ3v) is 3.59. The summed E-state index contributed by atoms with van der Waals surface area (Å²) >= 11 is 0. The first-order valence-corrected chi connectivity index (χ1v) is 6.52. The van der Waals surface area contributed by atoms with E-state index in [1.165, 1.54) is 31.4 Å². The number of ether oxygens (including phenoxy) is 1. The summed E-state index contributed by atoms with van der Waals surface area (Å²) in [6.45, 7) is 1.03. The van der Waals surface area contributed by atoms with E-state index in [0.717, 1.165) is 13.0 Å². The third-order valence-electron chi connectivity index (χ3n) is 3.59. The number of nitrogens with one attached hydrogen (secondary N) is 1. The molecular weight excluding hydrogens is 214 g/mol. The monoisotopic (exact) mass is 237 g/mol. The molecule has 1 aromatic heterocycles.